The largest absolute Gasteiger partial charge is 0.465 e. The van der Waals surface area contributed by atoms with E-state index in [0.717, 1.165) is 11.1 Å². The number of pyridine rings is 1. The van der Waals surface area contributed by atoms with Gasteiger partial charge in [0.05, 0.1) is 29.8 Å². The van der Waals surface area contributed by atoms with E-state index < -0.39 is 0 Å². The maximum Gasteiger partial charge on any atom is 0.311 e. The summed E-state index contributed by atoms with van der Waals surface area (Å²) in [6.45, 7) is 3.43. The van der Waals surface area contributed by atoms with Crippen LogP contribution in [0.25, 0.3) is 5.52 Å². The third-order valence-electron chi connectivity index (χ3n) is 4.44. The van der Waals surface area contributed by atoms with Gasteiger partial charge in [-0.2, -0.15) is 5.10 Å². The van der Waals surface area contributed by atoms with Crippen LogP contribution in [0.1, 0.15) is 15.9 Å². The first-order valence-corrected chi connectivity index (χ1v) is 7.04. The molecule has 108 valence electrons. The summed E-state index contributed by atoms with van der Waals surface area (Å²) in [7, 11) is 0. The second-order valence-corrected chi connectivity index (χ2v) is 5.75. The zero-order valence-electron chi connectivity index (χ0n) is 11.7. The molecule has 0 unspecified atom stereocenters. The molecule has 4 rings (SSSR count). The van der Waals surface area contributed by atoms with Crippen molar-refractivity contribution in [3.05, 3.63) is 35.7 Å². The smallest absolute Gasteiger partial charge is 0.311 e. The van der Waals surface area contributed by atoms with Crippen molar-refractivity contribution in [1.82, 2.24) is 14.5 Å². The van der Waals surface area contributed by atoms with Gasteiger partial charge in [-0.3, -0.25) is 9.59 Å². The maximum absolute atomic E-state index is 12.7. The minimum atomic E-state index is -0.175. The van der Waals surface area contributed by atoms with Gasteiger partial charge in [0, 0.05) is 25.2 Å². The van der Waals surface area contributed by atoms with Gasteiger partial charge < -0.3 is 9.64 Å². The van der Waals surface area contributed by atoms with Crippen molar-refractivity contribution in [1.29, 1.82) is 0 Å². The van der Waals surface area contributed by atoms with Crippen LogP contribution in [-0.2, 0) is 9.53 Å². The van der Waals surface area contributed by atoms with Crippen LogP contribution in [0.3, 0.4) is 0 Å². The van der Waals surface area contributed by atoms with Crippen LogP contribution < -0.4 is 0 Å². The molecular formula is C15H15N3O3. The monoisotopic (exact) mass is 285 g/mol. The van der Waals surface area contributed by atoms with Gasteiger partial charge in [-0.15, -0.1) is 0 Å². The lowest BCUT2D eigenvalue weighted by Crippen LogP contribution is -2.30. The van der Waals surface area contributed by atoms with Crippen LogP contribution in [0.2, 0.25) is 0 Å². The number of carbonyl (C=O) groups is 2. The summed E-state index contributed by atoms with van der Waals surface area (Å²) in [4.78, 5) is 26.1. The van der Waals surface area contributed by atoms with Crippen LogP contribution in [0.15, 0.2) is 24.5 Å². The molecule has 6 nitrogen and oxygen atoms in total. The van der Waals surface area contributed by atoms with Crippen molar-refractivity contribution in [3.8, 4) is 0 Å². The van der Waals surface area contributed by atoms with Crippen LogP contribution in [0.4, 0.5) is 0 Å². The predicted octanol–water partition coefficient (Wildman–Crippen LogP) is 0.888. The molecule has 0 spiro atoms. The van der Waals surface area contributed by atoms with E-state index in [9.17, 15) is 9.59 Å². The normalized spacial score (nSPS) is 24.4. The molecule has 4 heterocycles. The summed E-state index contributed by atoms with van der Waals surface area (Å²) < 4.78 is 6.75. The maximum atomic E-state index is 12.7. The zero-order valence-corrected chi connectivity index (χ0v) is 11.7. The third kappa shape index (κ3) is 1.75. The molecule has 0 aliphatic carbocycles. The predicted molar refractivity (Wildman–Crippen MR) is 73.8 cm³/mol. The summed E-state index contributed by atoms with van der Waals surface area (Å²) in [6.07, 6.45) is 3.44. The molecule has 21 heavy (non-hydrogen) atoms. The summed E-state index contributed by atoms with van der Waals surface area (Å²) in [6, 6.07) is 3.86. The lowest BCUT2D eigenvalue weighted by atomic mass is 10.0. The summed E-state index contributed by atoms with van der Waals surface area (Å²) in [5.41, 5.74) is 2.45. The van der Waals surface area contributed by atoms with Crippen molar-refractivity contribution in [2.75, 3.05) is 19.7 Å². The van der Waals surface area contributed by atoms with Crippen molar-refractivity contribution in [2.45, 2.75) is 6.92 Å². The Morgan fingerprint density at radius 2 is 2.29 bits per heavy atom. The molecule has 0 bridgehead atoms. The topological polar surface area (TPSA) is 63.9 Å². The Balaban J connectivity index is 1.67. The summed E-state index contributed by atoms with van der Waals surface area (Å²) >= 11 is 0. The van der Waals surface area contributed by atoms with Crippen LogP contribution in [0.5, 0.6) is 0 Å². The van der Waals surface area contributed by atoms with Crippen molar-refractivity contribution in [2.24, 2.45) is 11.8 Å². The fraction of sp³-hybridized carbons (Fsp3) is 0.400. The van der Waals surface area contributed by atoms with Gasteiger partial charge in [-0.05, 0) is 18.6 Å². The van der Waals surface area contributed by atoms with E-state index in [2.05, 4.69) is 5.10 Å². The van der Waals surface area contributed by atoms with Gasteiger partial charge in [-0.1, -0.05) is 6.07 Å². The second kappa shape index (κ2) is 4.31. The number of rotatable bonds is 1. The first-order valence-electron chi connectivity index (χ1n) is 7.04. The van der Waals surface area contributed by atoms with Gasteiger partial charge in [0.25, 0.3) is 5.91 Å². The molecule has 2 aliphatic heterocycles. The van der Waals surface area contributed by atoms with Crippen molar-refractivity contribution >= 4 is 17.4 Å². The Labute approximate surface area is 121 Å². The Morgan fingerprint density at radius 3 is 3.10 bits per heavy atom. The highest BCUT2D eigenvalue weighted by atomic mass is 16.5. The van der Waals surface area contributed by atoms with Gasteiger partial charge in [0.15, 0.2) is 0 Å². The number of fused-ring (bicyclic) bond motifs is 2. The average molecular weight is 285 g/mol. The lowest BCUT2D eigenvalue weighted by Gasteiger charge is -2.16. The summed E-state index contributed by atoms with van der Waals surface area (Å²) in [5.74, 6) is -0.242. The molecule has 2 fully saturated rings. The molecule has 1 amide bonds. The number of aromatic nitrogens is 2. The number of carbonyl (C=O) groups excluding carboxylic acids is 2. The quantitative estimate of drug-likeness (QED) is 0.730. The standard InChI is InChI=1S/C15H15N3O3/c1-9-3-2-4-18-13(9)11(5-16-18)14(19)17-6-10-8-21-15(20)12(10)7-17/h2-5,10,12H,6-8H2,1H3/t10-,12-/m1/s1. The minimum Gasteiger partial charge on any atom is -0.465 e. The molecule has 2 aliphatic rings. The molecule has 0 aromatic carbocycles. The number of amides is 1. The van der Waals surface area contributed by atoms with Crippen molar-refractivity contribution in [3.63, 3.8) is 0 Å². The molecule has 0 saturated carbocycles. The van der Waals surface area contributed by atoms with E-state index >= 15 is 0 Å². The Bertz CT molecular complexity index is 752. The van der Waals surface area contributed by atoms with E-state index in [4.69, 9.17) is 4.74 Å². The lowest BCUT2D eigenvalue weighted by molar-refractivity contribution is -0.141. The number of hydrogen-bond acceptors (Lipinski definition) is 4. The van der Waals surface area contributed by atoms with Crippen LogP contribution >= 0.6 is 0 Å². The van der Waals surface area contributed by atoms with E-state index in [1.54, 1.807) is 15.6 Å². The molecule has 2 atom stereocenters. The number of nitrogens with zero attached hydrogens (tertiary/aromatic N) is 3. The molecule has 6 heteroatoms. The highest BCUT2D eigenvalue weighted by Crippen LogP contribution is 2.31. The van der Waals surface area contributed by atoms with Gasteiger partial charge in [0.2, 0.25) is 0 Å². The first-order chi connectivity index (χ1) is 10.1. The summed E-state index contributed by atoms with van der Waals surface area (Å²) in [5, 5.41) is 4.24. The molecule has 2 aromatic rings. The number of cyclic esters (lactones) is 1. The number of ether oxygens (including phenoxy) is 1. The Hall–Kier alpha value is -2.37. The molecular weight excluding hydrogens is 270 g/mol. The zero-order chi connectivity index (χ0) is 14.6. The third-order valence-corrected chi connectivity index (χ3v) is 4.44. The number of esters is 1. The number of likely N-dealkylation sites (tertiary alicyclic amines) is 1. The Morgan fingerprint density at radius 1 is 1.43 bits per heavy atom. The average Bonchev–Trinajstić information content (AvgIpc) is 3.15. The highest BCUT2D eigenvalue weighted by Gasteiger charge is 2.45. The number of hydrogen-bond donors (Lipinski definition) is 0. The number of aryl methyl sites for hydroxylation is 1. The van der Waals surface area contributed by atoms with Gasteiger partial charge in [0.1, 0.15) is 0 Å². The van der Waals surface area contributed by atoms with Crippen LogP contribution in [-0.4, -0.2) is 46.1 Å². The van der Waals surface area contributed by atoms with Gasteiger partial charge in [-0.25, -0.2) is 4.52 Å². The minimum absolute atomic E-state index is 0.0542. The second-order valence-electron chi connectivity index (χ2n) is 5.75. The van der Waals surface area contributed by atoms with E-state index in [-0.39, 0.29) is 23.7 Å². The first kappa shape index (κ1) is 12.4. The molecule has 0 radical (unpaired) electrons. The van der Waals surface area contributed by atoms with E-state index in [1.807, 2.05) is 25.3 Å². The molecule has 0 N–H and O–H groups in total. The highest BCUT2D eigenvalue weighted by molar-refractivity contribution is 6.01. The molecule has 2 saturated heterocycles. The fourth-order valence-electron chi connectivity index (χ4n) is 3.31. The van der Waals surface area contributed by atoms with E-state index in [1.165, 1.54) is 0 Å². The van der Waals surface area contributed by atoms with Crippen molar-refractivity contribution < 1.29 is 14.3 Å². The molecule has 2 aromatic heterocycles. The van der Waals surface area contributed by atoms with E-state index in [0.29, 0.717) is 25.3 Å². The van der Waals surface area contributed by atoms with Crippen LogP contribution in [0, 0.1) is 18.8 Å². The SMILES string of the molecule is Cc1cccn2ncc(C(=O)N3C[C@@H]4COC(=O)[C@@H]4C3)c12. The van der Waals surface area contributed by atoms with Gasteiger partial charge >= 0.3 is 5.97 Å². The Kier molecular flexibility index (Phi) is 2.54. The fourth-order valence-corrected chi connectivity index (χ4v) is 3.31.